The summed E-state index contributed by atoms with van der Waals surface area (Å²) in [5.41, 5.74) is 2.79. The monoisotopic (exact) mass is 542 g/mol. The molecule has 3 aromatic carbocycles. The van der Waals surface area contributed by atoms with E-state index in [0.29, 0.717) is 13.2 Å². The zero-order valence-electron chi connectivity index (χ0n) is 19.5. The lowest BCUT2D eigenvalue weighted by Crippen LogP contribution is -2.50. The summed E-state index contributed by atoms with van der Waals surface area (Å²) in [4.78, 5) is 2.39. The molecule has 0 saturated carbocycles. The third kappa shape index (κ3) is 7.06. The van der Waals surface area contributed by atoms with E-state index in [1.165, 1.54) is 5.56 Å². The number of nitrogens with zero attached hydrogens (tertiary/aromatic N) is 1. The zero-order valence-corrected chi connectivity index (χ0v) is 21.9. The summed E-state index contributed by atoms with van der Waals surface area (Å²) >= 11 is 9.59. The van der Waals surface area contributed by atoms with Gasteiger partial charge >= 0.3 is 0 Å². The molecule has 0 aliphatic carbocycles. The number of hydrogen-bond donors (Lipinski definition) is 2. The van der Waals surface area contributed by atoms with E-state index in [9.17, 15) is 5.11 Å². The van der Waals surface area contributed by atoms with Gasteiger partial charge in [-0.2, -0.15) is 0 Å². The van der Waals surface area contributed by atoms with Gasteiger partial charge < -0.3 is 15.2 Å². The van der Waals surface area contributed by atoms with Crippen LogP contribution in [0.5, 0.6) is 5.75 Å². The first-order valence-corrected chi connectivity index (χ1v) is 13.0. The summed E-state index contributed by atoms with van der Waals surface area (Å²) in [5.74, 6) is 0.886. The van der Waals surface area contributed by atoms with Crippen LogP contribution in [0.3, 0.4) is 0 Å². The Kier molecular flexibility index (Phi) is 8.67. The van der Waals surface area contributed by atoms with E-state index in [4.69, 9.17) is 16.3 Å². The van der Waals surface area contributed by atoms with Crippen LogP contribution in [0.4, 0.5) is 0 Å². The highest BCUT2D eigenvalue weighted by Crippen LogP contribution is 2.29. The third-order valence-corrected chi connectivity index (χ3v) is 7.29. The Morgan fingerprint density at radius 3 is 2.47 bits per heavy atom. The molecule has 0 spiro atoms. The molecular formula is C28H32BrClN2O2. The van der Waals surface area contributed by atoms with Crippen molar-refractivity contribution in [2.45, 2.75) is 44.6 Å². The van der Waals surface area contributed by atoms with Crippen LogP contribution >= 0.6 is 27.5 Å². The van der Waals surface area contributed by atoms with Crippen LogP contribution in [-0.4, -0.2) is 35.2 Å². The van der Waals surface area contributed by atoms with Crippen molar-refractivity contribution < 1.29 is 9.84 Å². The highest BCUT2D eigenvalue weighted by atomic mass is 79.9. The zero-order chi connectivity index (χ0) is 24.0. The summed E-state index contributed by atoms with van der Waals surface area (Å²) in [6, 6.07) is 24.5. The predicted molar refractivity (Wildman–Crippen MR) is 142 cm³/mol. The highest BCUT2D eigenvalue weighted by molar-refractivity contribution is 9.10. The van der Waals surface area contributed by atoms with Crippen LogP contribution in [0.2, 0.25) is 5.02 Å². The molecule has 2 N–H and O–H groups in total. The van der Waals surface area contributed by atoms with Gasteiger partial charge in [-0.25, -0.2) is 0 Å². The van der Waals surface area contributed by atoms with E-state index in [-0.39, 0.29) is 6.04 Å². The van der Waals surface area contributed by atoms with Crippen molar-refractivity contribution in [3.05, 3.63) is 99.0 Å². The van der Waals surface area contributed by atoms with Gasteiger partial charge in [0.05, 0.1) is 5.60 Å². The Morgan fingerprint density at radius 1 is 1.06 bits per heavy atom. The number of halogens is 2. The first-order chi connectivity index (χ1) is 16.4. The van der Waals surface area contributed by atoms with Crippen molar-refractivity contribution in [2.24, 2.45) is 0 Å². The van der Waals surface area contributed by atoms with Gasteiger partial charge in [-0.15, -0.1) is 0 Å². The van der Waals surface area contributed by atoms with E-state index in [0.717, 1.165) is 58.8 Å². The molecule has 6 heteroatoms. The molecule has 1 saturated heterocycles. The molecule has 1 aliphatic heterocycles. The van der Waals surface area contributed by atoms with Crippen LogP contribution in [-0.2, 0) is 13.2 Å². The van der Waals surface area contributed by atoms with Crippen molar-refractivity contribution in [3.8, 4) is 5.75 Å². The molecule has 4 rings (SSSR count). The van der Waals surface area contributed by atoms with E-state index in [1.807, 2.05) is 42.5 Å². The van der Waals surface area contributed by atoms with Crippen molar-refractivity contribution in [2.75, 3.05) is 19.6 Å². The van der Waals surface area contributed by atoms with Gasteiger partial charge in [0, 0.05) is 47.3 Å². The fraction of sp³-hybridized carbons (Fsp3) is 0.357. The fourth-order valence-corrected chi connectivity index (χ4v) is 4.84. The number of piperidine rings is 1. The van der Waals surface area contributed by atoms with Gasteiger partial charge in [-0.3, -0.25) is 4.90 Å². The summed E-state index contributed by atoms with van der Waals surface area (Å²) < 4.78 is 7.19. The molecule has 0 unspecified atom stereocenters. The molecule has 1 atom stereocenters. The number of hydrogen-bond acceptors (Lipinski definition) is 4. The molecule has 180 valence electrons. The molecular weight excluding hydrogens is 512 g/mol. The maximum atomic E-state index is 11.1. The second-order valence-corrected chi connectivity index (χ2v) is 10.5. The second kappa shape index (κ2) is 11.7. The number of benzene rings is 3. The van der Waals surface area contributed by atoms with Crippen molar-refractivity contribution >= 4 is 27.5 Å². The summed E-state index contributed by atoms with van der Waals surface area (Å²) in [7, 11) is 0. The fourth-order valence-electron chi connectivity index (χ4n) is 4.30. The van der Waals surface area contributed by atoms with Crippen LogP contribution in [0.1, 0.15) is 42.5 Å². The molecule has 3 aromatic rings. The van der Waals surface area contributed by atoms with Gasteiger partial charge in [0.2, 0.25) is 0 Å². The average Bonchev–Trinajstić information content (AvgIpc) is 2.85. The van der Waals surface area contributed by atoms with Gasteiger partial charge in [0.25, 0.3) is 0 Å². The lowest BCUT2D eigenvalue weighted by atomic mass is 9.90. The predicted octanol–water partition coefficient (Wildman–Crippen LogP) is 6.36. The maximum Gasteiger partial charge on any atom is 0.124 e. The maximum absolute atomic E-state index is 11.1. The summed E-state index contributed by atoms with van der Waals surface area (Å²) in [6.07, 6.45) is 1.49. The Morgan fingerprint density at radius 2 is 1.76 bits per heavy atom. The van der Waals surface area contributed by atoms with Gasteiger partial charge in [0.15, 0.2) is 0 Å². The highest BCUT2D eigenvalue weighted by Gasteiger charge is 2.32. The minimum absolute atomic E-state index is 0.213. The second-order valence-electron chi connectivity index (χ2n) is 9.18. The Hall–Kier alpha value is -1.89. The number of rotatable bonds is 9. The number of ether oxygens (including phenoxy) is 1. The van der Waals surface area contributed by atoms with E-state index in [1.54, 1.807) is 0 Å². The molecule has 4 nitrogen and oxygen atoms in total. The third-order valence-electron chi connectivity index (χ3n) is 6.55. The summed E-state index contributed by atoms with van der Waals surface area (Å²) in [5, 5.41) is 15.4. The lowest BCUT2D eigenvalue weighted by molar-refractivity contribution is -0.0233. The van der Waals surface area contributed by atoms with Crippen molar-refractivity contribution in [1.82, 2.24) is 10.2 Å². The van der Waals surface area contributed by atoms with Gasteiger partial charge in [-0.05, 0) is 61.2 Å². The van der Waals surface area contributed by atoms with Gasteiger partial charge in [0.1, 0.15) is 12.4 Å². The molecule has 34 heavy (non-hydrogen) atoms. The molecule has 0 amide bonds. The molecule has 1 heterocycles. The molecule has 1 fully saturated rings. The number of likely N-dealkylation sites (tertiary alicyclic amines) is 1. The quantitative estimate of drug-likeness (QED) is 0.330. The Bertz CT molecular complexity index is 1050. The smallest absolute Gasteiger partial charge is 0.124 e. The Labute approximate surface area is 216 Å². The van der Waals surface area contributed by atoms with Crippen LogP contribution < -0.4 is 10.1 Å². The molecule has 0 radical (unpaired) electrons. The van der Waals surface area contributed by atoms with Crippen LogP contribution in [0, 0.1) is 0 Å². The Balaban J connectivity index is 1.31. The molecule has 0 bridgehead atoms. The van der Waals surface area contributed by atoms with E-state index < -0.39 is 5.60 Å². The normalized spacial score (nSPS) is 16.8. The molecule has 1 aliphatic rings. The van der Waals surface area contributed by atoms with Crippen LogP contribution in [0.25, 0.3) is 0 Å². The molecule has 0 aromatic heterocycles. The van der Waals surface area contributed by atoms with Crippen molar-refractivity contribution in [1.29, 1.82) is 0 Å². The van der Waals surface area contributed by atoms with E-state index >= 15 is 0 Å². The first-order valence-electron chi connectivity index (χ1n) is 11.8. The minimum atomic E-state index is -0.676. The van der Waals surface area contributed by atoms with Crippen LogP contribution in [0.15, 0.2) is 77.3 Å². The first kappa shape index (κ1) is 25.2. The standard InChI is InChI=1S/C28H32BrClN2O2/c1-21(23-5-3-2-4-6-23)31-20-28(33)13-15-32(16-14-28)18-24-17-25(29)9-12-27(24)34-19-22-7-10-26(30)11-8-22/h2-12,17,21,31,33H,13-16,18-20H2,1H3/t21-/m1/s1. The lowest BCUT2D eigenvalue weighted by Gasteiger charge is -2.39. The topological polar surface area (TPSA) is 44.7 Å². The van der Waals surface area contributed by atoms with Gasteiger partial charge in [-0.1, -0.05) is 70.0 Å². The largest absolute Gasteiger partial charge is 0.489 e. The van der Waals surface area contributed by atoms with Crippen molar-refractivity contribution in [3.63, 3.8) is 0 Å². The average molecular weight is 544 g/mol. The SMILES string of the molecule is C[C@@H](NCC1(O)CCN(Cc2cc(Br)ccc2OCc2ccc(Cl)cc2)CC1)c1ccccc1. The number of nitrogens with one attached hydrogen (secondary N) is 1. The van der Waals surface area contributed by atoms with E-state index in [2.05, 4.69) is 63.4 Å². The number of aliphatic hydroxyl groups is 1. The summed E-state index contributed by atoms with van der Waals surface area (Å²) in [6.45, 7) is 5.73. The minimum Gasteiger partial charge on any atom is -0.489 e.